The van der Waals surface area contributed by atoms with Crippen LogP contribution in [0.3, 0.4) is 0 Å². The Bertz CT molecular complexity index is 424. The van der Waals surface area contributed by atoms with Crippen molar-refractivity contribution in [2.24, 2.45) is 5.11 Å². The number of pyridine rings is 1. The predicted octanol–water partition coefficient (Wildman–Crippen LogP) is 1.58. The number of aliphatic hydroxyl groups is 2. The summed E-state index contributed by atoms with van der Waals surface area (Å²) in [6, 6.07) is 0.958. The SMILES string of the molecule is [N-]=[N+]=NCC(O)C(O)c1cnc(Cl)c(F)c1. The Morgan fingerprint density at radius 2 is 2.31 bits per heavy atom. The van der Waals surface area contributed by atoms with Crippen molar-refractivity contribution in [2.45, 2.75) is 12.2 Å². The van der Waals surface area contributed by atoms with Crippen LogP contribution >= 0.6 is 11.6 Å². The lowest BCUT2D eigenvalue weighted by atomic mass is 10.1. The molecule has 0 aliphatic heterocycles. The van der Waals surface area contributed by atoms with Crippen molar-refractivity contribution in [3.8, 4) is 0 Å². The zero-order chi connectivity index (χ0) is 12.1. The van der Waals surface area contributed by atoms with Gasteiger partial charge in [0.15, 0.2) is 11.0 Å². The second kappa shape index (κ2) is 5.62. The smallest absolute Gasteiger partial charge is 0.164 e. The number of aliphatic hydroxyl groups excluding tert-OH is 2. The summed E-state index contributed by atoms with van der Waals surface area (Å²) in [5.41, 5.74) is 8.08. The molecular formula is C8H8ClFN4O2. The van der Waals surface area contributed by atoms with Crippen LogP contribution in [-0.4, -0.2) is 27.8 Å². The monoisotopic (exact) mass is 246 g/mol. The molecule has 0 aromatic carbocycles. The average molecular weight is 247 g/mol. The van der Waals surface area contributed by atoms with Crippen molar-refractivity contribution >= 4 is 11.6 Å². The third-order valence-electron chi connectivity index (χ3n) is 1.86. The van der Waals surface area contributed by atoms with Crippen molar-refractivity contribution < 1.29 is 14.6 Å². The van der Waals surface area contributed by atoms with E-state index in [1.807, 2.05) is 0 Å². The fourth-order valence-corrected chi connectivity index (χ4v) is 1.14. The molecule has 86 valence electrons. The molecule has 8 heteroatoms. The largest absolute Gasteiger partial charge is 0.390 e. The molecule has 2 atom stereocenters. The van der Waals surface area contributed by atoms with Gasteiger partial charge in [0.2, 0.25) is 0 Å². The lowest BCUT2D eigenvalue weighted by Crippen LogP contribution is -2.21. The summed E-state index contributed by atoms with van der Waals surface area (Å²) in [7, 11) is 0. The minimum atomic E-state index is -1.38. The maximum Gasteiger partial charge on any atom is 0.164 e. The first kappa shape index (κ1) is 12.7. The molecular weight excluding hydrogens is 239 g/mol. The molecule has 0 spiro atoms. The van der Waals surface area contributed by atoms with Crippen LogP contribution in [0, 0.1) is 5.82 Å². The second-order valence-electron chi connectivity index (χ2n) is 2.97. The van der Waals surface area contributed by atoms with Crippen LogP contribution in [0.2, 0.25) is 5.15 Å². The number of nitrogens with zero attached hydrogens (tertiary/aromatic N) is 4. The number of aromatic nitrogens is 1. The van der Waals surface area contributed by atoms with Gasteiger partial charge in [-0.15, -0.1) is 0 Å². The number of halogens is 2. The van der Waals surface area contributed by atoms with Crippen molar-refractivity contribution in [3.05, 3.63) is 39.2 Å². The number of rotatable bonds is 4. The molecule has 0 bridgehead atoms. The van der Waals surface area contributed by atoms with Gasteiger partial charge in [-0.05, 0) is 11.6 Å². The fraction of sp³-hybridized carbons (Fsp3) is 0.375. The van der Waals surface area contributed by atoms with Crippen molar-refractivity contribution in [3.63, 3.8) is 0 Å². The summed E-state index contributed by atoms with van der Waals surface area (Å²) >= 11 is 5.35. The highest BCUT2D eigenvalue weighted by Gasteiger charge is 2.19. The van der Waals surface area contributed by atoms with Gasteiger partial charge in [-0.3, -0.25) is 0 Å². The summed E-state index contributed by atoms with van der Waals surface area (Å²) in [6.07, 6.45) is -1.57. The van der Waals surface area contributed by atoms with E-state index in [-0.39, 0.29) is 17.3 Å². The molecule has 1 aromatic rings. The van der Waals surface area contributed by atoms with E-state index in [0.29, 0.717) is 0 Å². The van der Waals surface area contributed by atoms with Gasteiger partial charge in [-0.1, -0.05) is 16.7 Å². The molecule has 1 heterocycles. The van der Waals surface area contributed by atoms with Gasteiger partial charge >= 0.3 is 0 Å². The van der Waals surface area contributed by atoms with E-state index in [1.54, 1.807) is 0 Å². The Kier molecular flexibility index (Phi) is 4.45. The van der Waals surface area contributed by atoms with E-state index in [1.165, 1.54) is 0 Å². The highest BCUT2D eigenvalue weighted by molar-refractivity contribution is 6.29. The molecule has 6 nitrogen and oxygen atoms in total. The van der Waals surface area contributed by atoms with E-state index in [4.69, 9.17) is 17.1 Å². The van der Waals surface area contributed by atoms with Crippen molar-refractivity contribution in [1.29, 1.82) is 0 Å². The number of hydrogen-bond donors (Lipinski definition) is 2. The molecule has 1 aromatic heterocycles. The second-order valence-corrected chi connectivity index (χ2v) is 3.32. The maximum absolute atomic E-state index is 13.0. The average Bonchev–Trinajstić information content (AvgIpc) is 2.28. The van der Waals surface area contributed by atoms with Crippen LogP contribution in [0.4, 0.5) is 4.39 Å². The van der Waals surface area contributed by atoms with Gasteiger partial charge in [-0.2, -0.15) is 0 Å². The highest BCUT2D eigenvalue weighted by atomic mass is 35.5. The van der Waals surface area contributed by atoms with Gasteiger partial charge in [0.25, 0.3) is 0 Å². The molecule has 16 heavy (non-hydrogen) atoms. The molecule has 0 fully saturated rings. The summed E-state index contributed by atoms with van der Waals surface area (Å²) < 4.78 is 13.0. The van der Waals surface area contributed by atoms with Gasteiger partial charge in [-0.25, -0.2) is 9.37 Å². The molecule has 0 radical (unpaired) electrons. The standard InChI is InChI=1S/C8H8ClFN4O2/c9-8-5(10)1-4(2-12-8)7(16)6(15)3-13-14-11/h1-2,6-7,15-16H,3H2. The van der Waals surface area contributed by atoms with Gasteiger partial charge in [0.1, 0.15) is 6.10 Å². The van der Waals surface area contributed by atoms with Crippen LogP contribution in [0.1, 0.15) is 11.7 Å². The molecule has 2 unspecified atom stereocenters. The third kappa shape index (κ3) is 3.04. The normalized spacial score (nSPS) is 14.0. The first-order valence-corrected chi connectivity index (χ1v) is 4.62. The van der Waals surface area contributed by atoms with Crippen LogP contribution in [0.15, 0.2) is 17.4 Å². The zero-order valence-corrected chi connectivity index (χ0v) is 8.71. The van der Waals surface area contributed by atoms with Crippen LogP contribution < -0.4 is 0 Å². The minimum Gasteiger partial charge on any atom is -0.390 e. The van der Waals surface area contributed by atoms with Gasteiger partial charge < -0.3 is 10.2 Å². The minimum absolute atomic E-state index is 0.0579. The van der Waals surface area contributed by atoms with E-state index in [0.717, 1.165) is 12.3 Å². The molecule has 2 N–H and O–H groups in total. The Balaban J connectivity index is 2.82. The lowest BCUT2D eigenvalue weighted by Gasteiger charge is -2.15. The molecule has 0 saturated heterocycles. The Morgan fingerprint density at radius 3 is 2.88 bits per heavy atom. The fourth-order valence-electron chi connectivity index (χ4n) is 1.04. The number of azide groups is 1. The van der Waals surface area contributed by atoms with E-state index in [9.17, 15) is 14.6 Å². The summed E-state index contributed by atoms with van der Waals surface area (Å²) in [4.78, 5) is 5.90. The highest BCUT2D eigenvalue weighted by Crippen LogP contribution is 2.20. The lowest BCUT2D eigenvalue weighted by molar-refractivity contribution is 0.0240. The molecule has 0 saturated carbocycles. The van der Waals surface area contributed by atoms with Gasteiger partial charge in [0.05, 0.1) is 12.6 Å². The first-order valence-electron chi connectivity index (χ1n) is 4.24. The quantitative estimate of drug-likeness (QED) is 0.365. The van der Waals surface area contributed by atoms with E-state index < -0.39 is 18.0 Å². The summed E-state index contributed by atoms with van der Waals surface area (Å²) in [6.45, 7) is -0.318. The zero-order valence-electron chi connectivity index (χ0n) is 7.96. The van der Waals surface area contributed by atoms with E-state index >= 15 is 0 Å². The predicted molar refractivity (Wildman–Crippen MR) is 54.2 cm³/mol. The molecule has 0 aliphatic rings. The van der Waals surface area contributed by atoms with Crippen molar-refractivity contribution in [2.75, 3.05) is 6.54 Å². The first-order chi connectivity index (χ1) is 7.56. The van der Waals surface area contributed by atoms with Crippen molar-refractivity contribution in [1.82, 2.24) is 4.98 Å². The molecule has 0 aliphatic carbocycles. The van der Waals surface area contributed by atoms with Crippen LogP contribution in [0.5, 0.6) is 0 Å². The Morgan fingerprint density at radius 1 is 1.62 bits per heavy atom. The van der Waals surface area contributed by atoms with Crippen LogP contribution in [-0.2, 0) is 0 Å². The number of hydrogen-bond acceptors (Lipinski definition) is 4. The Labute approximate surface area is 94.9 Å². The third-order valence-corrected chi connectivity index (χ3v) is 2.13. The molecule has 0 amide bonds. The van der Waals surface area contributed by atoms with E-state index in [2.05, 4.69) is 15.0 Å². The summed E-state index contributed by atoms with van der Waals surface area (Å²) in [5.74, 6) is -0.797. The Hall–Kier alpha value is -1.40. The summed E-state index contributed by atoms with van der Waals surface area (Å²) in [5, 5.41) is 21.7. The molecule has 1 rings (SSSR count). The maximum atomic E-state index is 13.0. The topological polar surface area (TPSA) is 102 Å². The van der Waals surface area contributed by atoms with Gasteiger partial charge in [0, 0.05) is 16.7 Å². The van der Waals surface area contributed by atoms with Crippen LogP contribution in [0.25, 0.3) is 10.4 Å².